The van der Waals surface area contributed by atoms with Crippen molar-refractivity contribution in [3.8, 4) is 0 Å². The zero-order valence-corrected chi connectivity index (χ0v) is 9.60. The van der Waals surface area contributed by atoms with Crippen molar-refractivity contribution < 1.29 is 4.79 Å². The van der Waals surface area contributed by atoms with Crippen molar-refractivity contribution in [1.29, 1.82) is 0 Å². The van der Waals surface area contributed by atoms with Crippen LogP contribution in [0, 0.1) is 0 Å². The van der Waals surface area contributed by atoms with E-state index in [1.165, 1.54) is 5.56 Å². The van der Waals surface area contributed by atoms with Crippen LogP contribution in [-0.4, -0.2) is 42.4 Å². The minimum atomic E-state index is 0.334. The Morgan fingerprint density at radius 2 is 2.19 bits per heavy atom. The summed E-state index contributed by atoms with van der Waals surface area (Å²) in [6, 6.07) is 10.8. The van der Waals surface area contributed by atoms with Crippen LogP contribution in [0.15, 0.2) is 30.3 Å². The van der Waals surface area contributed by atoms with E-state index in [0.717, 1.165) is 26.1 Å². The number of amides is 1. The van der Waals surface area contributed by atoms with Gasteiger partial charge in [-0.25, -0.2) is 0 Å². The fourth-order valence-corrected chi connectivity index (χ4v) is 2.19. The van der Waals surface area contributed by atoms with Gasteiger partial charge in [-0.2, -0.15) is 0 Å². The molecule has 0 aliphatic carbocycles. The number of carbonyl (C=O) groups excluding carboxylic acids is 1. The van der Waals surface area contributed by atoms with Gasteiger partial charge < -0.3 is 4.90 Å². The van der Waals surface area contributed by atoms with Crippen molar-refractivity contribution in [3.05, 3.63) is 35.9 Å². The highest BCUT2D eigenvalue weighted by atomic mass is 16.1. The van der Waals surface area contributed by atoms with Crippen molar-refractivity contribution >= 4 is 6.41 Å². The van der Waals surface area contributed by atoms with E-state index in [1.807, 2.05) is 19.5 Å². The lowest BCUT2D eigenvalue weighted by molar-refractivity contribution is 0.289. The van der Waals surface area contributed by atoms with Gasteiger partial charge in [0, 0.05) is 32.7 Å². The summed E-state index contributed by atoms with van der Waals surface area (Å²) >= 11 is 0. The van der Waals surface area contributed by atoms with Gasteiger partial charge in [0.2, 0.25) is 0 Å². The molecule has 1 saturated heterocycles. The molecule has 1 aliphatic heterocycles. The molecular weight excluding hydrogens is 200 g/mol. The van der Waals surface area contributed by atoms with Gasteiger partial charge in [0.05, 0.1) is 0 Å². The first-order chi connectivity index (χ1) is 7.79. The standard InChI is InChI=1S/C13H17N2O/c1-14(11-16)13-7-8-15(10-13)9-12-5-3-2-4-6-12/h2-6,13H,7-10H2,1H3. The molecule has 2 rings (SSSR count). The lowest BCUT2D eigenvalue weighted by Gasteiger charge is -2.19. The summed E-state index contributed by atoms with van der Waals surface area (Å²) in [6.07, 6.45) is 3.00. The number of nitrogens with zero attached hydrogens (tertiary/aromatic N) is 2. The number of likely N-dealkylation sites (tertiary alicyclic amines) is 1. The first kappa shape index (κ1) is 11.1. The van der Waals surface area contributed by atoms with Gasteiger partial charge in [-0.15, -0.1) is 0 Å². The van der Waals surface area contributed by atoms with Crippen LogP contribution in [0.3, 0.4) is 0 Å². The summed E-state index contributed by atoms with van der Waals surface area (Å²) in [5, 5.41) is 0. The molecule has 0 spiro atoms. The number of benzene rings is 1. The normalized spacial score (nSPS) is 20.9. The van der Waals surface area contributed by atoms with Crippen LogP contribution in [0.1, 0.15) is 12.0 Å². The van der Waals surface area contributed by atoms with Crippen LogP contribution in [0.2, 0.25) is 0 Å². The maximum atomic E-state index is 10.5. The van der Waals surface area contributed by atoms with E-state index in [4.69, 9.17) is 0 Å². The van der Waals surface area contributed by atoms with Crippen molar-refractivity contribution in [2.45, 2.75) is 19.0 Å². The molecule has 0 saturated carbocycles. The van der Waals surface area contributed by atoms with E-state index in [9.17, 15) is 4.79 Å². The van der Waals surface area contributed by atoms with Crippen molar-refractivity contribution in [1.82, 2.24) is 9.80 Å². The smallest absolute Gasteiger partial charge is 0.312 e. The lowest BCUT2D eigenvalue weighted by atomic mass is 10.2. The van der Waals surface area contributed by atoms with E-state index in [0.29, 0.717) is 6.04 Å². The van der Waals surface area contributed by atoms with Crippen LogP contribution in [0.5, 0.6) is 0 Å². The lowest BCUT2D eigenvalue weighted by Crippen LogP contribution is -2.33. The zero-order chi connectivity index (χ0) is 11.4. The highest BCUT2D eigenvalue weighted by Gasteiger charge is 2.25. The quantitative estimate of drug-likeness (QED) is 0.709. The molecule has 1 atom stereocenters. The topological polar surface area (TPSA) is 23.6 Å². The van der Waals surface area contributed by atoms with Gasteiger partial charge in [0.1, 0.15) is 0 Å². The Balaban J connectivity index is 1.88. The molecule has 3 heteroatoms. The average Bonchev–Trinajstić information content (AvgIpc) is 2.78. The van der Waals surface area contributed by atoms with Crippen LogP contribution < -0.4 is 0 Å². The van der Waals surface area contributed by atoms with Crippen LogP contribution >= 0.6 is 0 Å². The molecule has 1 radical (unpaired) electrons. The predicted octanol–water partition coefficient (Wildman–Crippen LogP) is 1.26. The van der Waals surface area contributed by atoms with Gasteiger partial charge >= 0.3 is 6.41 Å². The van der Waals surface area contributed by atoms with Gasteiger partial charge in [0.15, 0.2) is 0 Å². The van der Waals surface area contributed by atoms with E-state index >= 15 is 0 Å². The third-order valence-electron chi connectivity index (χ3n) is 3.19. The van der Waals surface area contributed by atoms with Gasteiger partial charge in [-0.1, -0.05) is 30.3 Å². The molecule has 16 heavy (non-hydrogen) atoms. The third kappa shape index (κ3) is 2.61. The molecule has 85 valence electrons. The van der Waals surface area contributed by atoms with Crippen molar-refractivity contribution in [2.24, 2.45) is 0 Å². The minimum Gasteiger partial charge on any atom is -0.333 e. The third-order valence-corrected chi connectivity index (χ3v) is 3.19. The fourth-order valence-electron chi connectivity index (χ4n) is 2.19. The van der Waals surface area contributed by atoms with E-state index in [1.54, 1.807) is 4.90 Å². The molecule has 0 aromatic heterocycles. The SMILES string of the molecule is CN([C]=O)C1CCN(Cc2ccccc2)C1. The van der Waals surface area contributed by atoms with Crippen molar-refractivity contribution in [2.75, 3.05) is 20.1 Å². The Kier molecular flexibility index (Phi) is 3.57. The molecular formula is C13H17N2O. The highest BCUT2D eigenvalue weighted by Crippen LogP contribution is 2.16. The number of hydrogen-bond donors (Lipinski definition) is 0. The molecule has 1 aromatic rings. The second kappa shape index (κ2) is 5.12. The first-order valence-electron chi connectivity index (χ1n) is 5.66. The maximum absolute atomic E-state index is 10.5. The number of likely N-dealkylation sites (N-methyl/N-ethyl adjacent to an activating group) is 1. The van der Waals surface area contributed by atoms with Gasteiger partial charge in [-0.3, -0.25) is 9.69 Å². The van der Waals surface area contributed by atoms with E-state index in [2.05, 4.69) is 29.2 Å². The number of rotatable bonds is 4. The summed E-state index contributed by atoms with van der Waals surface area (Å²) in [6.45, 7) is 3.00. The highest BCUT2D eigenvalue weighted by molar-refractivity contribution is 5.48. The summed E-state index contributed by atoms with van der Waals surface area (Å²) in [7, 11) is 1.81. The Morgan fingerprint density at radius 3 is 2.88 bits per heavy atom. The molecule has 1 fully saturated rings. The summed E-state index contributed by atoms with van der Waals surface area (Å²) in [4.78, 5) is 14.6. The number of hydrogen-bond acceptors (Lipinski definition) is 2. The first-order valence-corrected chi connectivity index (χ1v) is 5.66. The Hall–Kier alpha value is -1.35. The summed E-state index contributed by atoms with van der Waals surface area (Å²) in [5.41, 5.74) is 1.33. The molecule has 1 aromatic carbocycles. The average molecular weight is 217 g/mol. The molecule has 1 unspecified atom stereocenters. The molecule has 0 bridgehead atoms. The Bertz CT molecular complexity index is 339. The predicted molar refractivity (Wildman–Crippen MR) is 63.6 cm³/mol. The molecule has 3 nitrogen and oxygen atoms in total. The second-order valence-corrected chi connectivity index (χ2v) is 4.37. The molecule has 1 amide bonds. The van der Waals surface area contributed by atoms with E-state index in [-0.39, 0.29) is 0 Å². The summed E-state index contributed by atoms with van der Waals surface area (Å²) < 4.78 is 0. The van der Waals surface area contributed by atoms with Gasteiger partial charge in [-0.05, 0) is 12.0 Å². The fraction of sp³-hybridized carbons (Fsp3) is 0.462. The summed E-state index contributed by atoms with van der Waals surface area (Å²) in [5.74, 6) is 0. The minimum absolute atomic E-state index is 0.334. The van der Waals surface area contributed by atoms with Crippen LogP contribution in [0.25, 0.3) is 0 Å². The molecule has 1 heterocycles. The Morgan fingerprint density at radius 1 is 1.44 bits per heavy atom. The second-order valence-electron chi connectivity index (χ2n) is 4.37. The monoisotopic (exact) mass is 217 g/mol. The van der Waals surface area contributed by atoms with E-state index < -0.39 is 0 Å². The van der Waals surface area contributed by atoms with Gasteiger partial charge in [0.25, 0.3) is 0 Å². The van der Waals surface area contributed by atoms with Crippen molar-refractivity contribution in [3.63, 3.8) is 0 Å². The zero-order valence-electron chi connectivity index (χ0n) is 9.60. The maximum Gasteiger partial charge on any atom is 0.312 e. The molecule has 1 aliphatic rings. The van der Waals surface area contributed by atoms with Crippen LogP contribution in [-0.2, 0) is 11.3 Å². The van der Waals surface area contributed by atoms with Crippen LogP contribution in [0.4, 0.5) is 0 Å². The largest absolute Gasteiger partial charge is 0.333 e. The Labute approximate surface area is 96.7 Å². The molecule has 0 N–H and O–H groups in total.